The Hall–Kier alpha value is -7.45. The molecule has 7 rings (SSSR count). The number of rotatable bonds is 18. The average Bonchev–Trinajstić information content (AvgIpc) is 4.00. The molecule has 20 heteroatoms. The Morgan fingerprint density at radius 1 is 0.875 bits per heavy atom. The molecule has 3 heterocycles. The molecule has 1 aromatic heterocycles. The van der Waals surface area contributed by atoms with Gasteiger partial charge in [0.15, 0.2) is 18.1 Å². The smallest absolute Gasteiger partial charge is 0.273 e. The van der Waals surface area contributed by atoms with Gasteiger partial charge >= 0.3 is 0 Å². The quantitative estimate of drug-likeness (QED) is 0.0702. The summed E-state index contributed by atoms with van der Waals surface area (Å²) in [6.07, 6.45) is 1.34. The number of carbonyl (C=O) groups is 8. The fourth-order valence-corrected chi connectivity index (χ4v) is 7.47. The standard InChI is InChI=1S/C44H45N7O13/c1-50(2)42(58)27-10-8-25(21-33(27)52)35-22-31(49-64-35)40(56)47-30-11-9-24-6-7-26(20-29(24)30)39(55)46-15-17-62-19-18-61-16-14-45-37(54)23-63-34-5-3-4-28-38(34)44(60)51(43(28)59)32-12-13-36(53)48-41(32)57/h3-8,10,20-22,30,32,52H,9,11-19,23H2,1-2H3,(H,45,54)(H,46,55)(H,47,56)(H,48,53,57)/t30-,32?/m1/s1. The largest absolute Gasteiger partial charge is 0.507 e. The van der Waals surface area contributed by atoms with Gasteiger partial charge in [-0.3, -0.25) is 48.6 Å². The molecule has 0 saturated carbocycles. The first-order valence-electron chi connectivity index (χ1n) is 20.4. The van der Waals surface area contributed by atoms with Crippen molar-refractivity contribution in [3.63, 3.8) is 0 Å². The lowest BCUT2D eigenvalue weighted by Crippen LogP contribution is -2.54. The lowest BCUT2D eigenvalue weighted by molar-refractivity contribution is -0.136. The number of aryl methyl sites for hydroxylation is 1. The topological polar surface area (TPSA) is 265 Å². The number of hydrogen-bond acceptors (Lipinski definition) is 14. The second-order valence-electron chi connectivity index (χ2n) is 15.2. The number of hydrogen-bond donors (Lipinski definition) is 5. The third kappa shape index (κ3) is 9.92. The van der Waals surface area contributed by atoms with Crippen LogP contribution in [0.4, 0.5) is 0 Å². The zero-order valence-electron chi connectivity index (χ0n) is 34.9. The molecule has 20 nitrogen and oxygen atoms in total. The van der Waals surface area contributed by atoms with Gasteiger partial charge in [0.25, 0.3) is 35.4 Å². The molecule has 0 radical (unpaired) electrons. The second kappa shape index (κ2) is 19.7. The first kappa shape index (κ1) is 44.6. The van der Waals surface area contributed by atoms with Crippen molar-refractivity contribution in [2.45, 2.75) is 37.8 Å². The minimum atomic E-state index is -1.13. The summed E-state index contributed by atoms with van der Waals surface area (Å²) in [5, 5.41) is 24.8. The fourth-order valence-electron chi connectivity index (χ4n) is 7.47. The van der Waals surface area contributed by atoms with Crippen molar-refractivity contribution in [3.05, 3.63) is 99.7 Å². The van der Waals surface area contributed by atoms with E-state index in [1.807, 2.05) is 6.07 Å². The number of phenols is 1. The molecule has 5 N–H and O–H groups in total. The summed E-state index contributed by atoms with van der Waals surface area (Å²) in [6, 6.07) is 14.1. The van der Waals surface area contributed by atoms with Crippen LogP contribution in [0.1, 0.15) is 88.4 Å². The zero-order chi connectivity index (χ0) is 45.5. The Balaban J connectivity index is 0.771. The van der Waals surface area contributed by atoms with Crippen LogP contribution in [0, 0.1) is 0 Å². The maximum atomic E-state index is 13.2. The first-order valence-corrected chi connectivity index (χ1v) is 20.4. The summed E-state index contributed by atoms with van der Waals surface area (Å²) in [6.45, 7) is 0.768. The van der Waals surface area contributed by atoms with Gasteiger partial charge in [0.1, 0.15) is 17.5 Å². The zero-order valence-corrected chi connectivity index (χ0v) is 34.9. The summed E-state index contributed by atoms with van der Waals surface area (Å²) in [7, 11) is 3.15. The molecular weight excluding hydrogens is 835 g/mol. The Morgan fingerprint density at radius 3 is 2.38 bits per heavy atom. The number of amides is 8. The van der Waals surface area contributed by atoms with E-state index in [2.05, 4.69) is 26.4 Å². The summed E-state index contributed by atoms with van der Waals surface area (Å²) < 4.78 is 22.0. The number of ether oxygens (including phenoxy) is 3. The average molecular weight is 880 g/mol. The molecule has 4 aromatic rings. The van der Waals surface area contributed by atoms with E-state index in [0.717, 1.165) is 16.0 Å². The highest BCUT2D eigenvalue weighted by Gasteiger charge is 2.46. The molecule has 334 valence electrons. The molecule has 3 aliphatic rings. The van der Waals surface area contributed by atoms with Crippen molar-refractivity contribution < 1.29 is 62.2 Å². The van der Waals surface area contributed by atoms with Crippen LogP contribution in [0.3, 0.4) is 0 Å². The summed E-state index contributed by atoms with van der Waals surface area (Å²) in [5.74, 6) is -4.27. The van der Waals surface area contributed by atoms with E-state index in [1.165, 1.54) is 41.3 Å². The normalized spacial score (nSPS) is 16.5. The van der Waals surface area contributed by atoms with Crippen molar-refractivity contribution in [2.75, 3.05) is 60.2 Å². The number of benzene rings is 3. The van der Waals surface area contributed by atoms with Crippen LogP contribution in [0.15, 0.2) is 65.2 Å². The molecule has 1 unspecified atom stereocenters. The lowest BCUT2D eigenvalue weighted by atomic mass is 10.0. The highest BCUT2D eigenvalue weighted by Crippen LogP contribution is 2.35. The molecule has 8 amide bonds. The highest BCUT2D eigenvalue weighted by molar-refractivity contribution is 6.24. The van der Waals surface area contributed by atoms with Gasteiger partial charge in [-0.05, 0) is 66.8 Å². The predicted molar refractivity (Wildman–Crippen MR) is 222 cm³/mol. The van der Waals surface area contributed by atoms with Crippen molar-refractivity contribution in [1.82, 2.24) is 36.2 Å². The number of nitrogens with one attached hydrogen (secondary N) is 4. The maximum Gasteiger partial charge on any atom is 0.273 e. The lowest BCUT2D eigenvalue weighted by Gasteiger charge is -2.27. The van der Waals surface area contributed by atoms with Crippen molar-refractivity contribution in [1.29, 1.82) is 0 Å². The minimum absolute atomic E-state index is 0.0108. The summed E-state index contributed by atoms with van der Waals surface area (Å²) in [4.78, 5) is 103. The van der Waals surface area contributed by atoms with Crippen LogP contribution in [-0.2, 0) is 30.3 Å². The van der Waals surface area contributed by atoms with E-state index in [1.54, 1.807) is 32.3 Å². The molecule has 0 spiro atoms. The van der Waals surface area contributed by atoms with Crippen molar-refractivity contribution >= 4 is 47.3 Å². The Morgan fingerprint density at radius 2 is 1.64 bits per heavy atom. The molecule has 2 aliphatic heterocycles. The molecule has 2 atom stereocenters. The van der Waals surface area contributed by atoms with Crippen LogP contribution in [0.5, 0.6) is 11.5 Å². The van der Waals surface area contributed by atoms with Gasteiger partial charge in [-0.1, -0.05) is 23.4 Å². The molecule has 1 fully saturated rings. The van der Waals surface area contributed by atoms with Gasteiger partial charge in [-0.2, -0.15) is 0 Å². The van der Waals surface area contributed by atoms with Crippen LogP contribution in [-0.4, -0.2) is 134 Å². The van der Waals surface area contributed by atoms with Crippen LogP contribution >= 0.6 is 0 Å². The third-order valence-electron chi connectivity index (χ3n) is 10.7. The van der Waals surface area contributed by atoms with Crippen LogP contribution in [0.25, 0.3) is 11.3 Å². The monoisotopic (exact) mass is 879 g/mol. The number of aromatic nitrogens is 1. The number of aromatic hydroxyl groups is 1. The van der Waals surface area contributed by atoms with Gasteiger partial charge in [0.05, 0.1) is 49.2 Å². The van der Waals surface area contributed by atoms with E-state index < -0.39 is 48.1 Å². The molecular formula is C44H45N7O13. The Bertz CT molecular complexity index is 2520. The minimum Gasteiger partial charge on any atom is -0.507 e. The summed E-state index contributed by atoms with van der Waals surface area (Å²) >= 11 is 0. The van der Waals surface area contributed by atoms with Crippen LogP contribution in [0.2, 0.25) is 0 Å². The molecule has 1 aliphatic carbocycles. The summed E-state index contributed by atoms with van der Waals surface area (Å²) in [5.41, 5.74) is 2.82. The Kier molecular flexibility index (Phi) is 13.7. The number of imide groups is 2. The molecule has 0 bridgehead atoms. The van der Waals surface area contributed by atoms with E-state index in [4.69, 9.17) is 18.7 Å². The molecule has 3 aromatic carbocycles. The SMILES string of the molecule is CN(C)C(=O)c1ccc(-c2cc(C(=O)N[C@@H]3CCc4ccc(C(=O)NCCOCCOCCNC(=O)COc5cccc6c5C(=O)N(C5CCC(=O)NC5=O)C6=O)cc43)no2)cc1O. The highest BCUT2D eigenvalue weighted by atomic mass is 16.5. The number of fused-ring (bicyclic) bond motifs is 2. The number of carbonyl (C=O) groups excluding carboxylic acids is 8. The van der Waals surface area contributed by atoms with E-state index >= 15 is 0 Å². The Labute approximate surface area is 365 Å². The number of nitrogens with zero attached hydrogens (tertiary/aromatic N) is 3. The molecule has 64 heavy (non-hydrogen) atoms. The van der Waals surface area contributed by atoms with Gasteiger partial charge in [-0.15, -0.1) is 0 Å². The van der Waals surface area contributed by atoms with Crippen LogP contribution < -0.4 is 26.0 Å². The van der Waals surface area contributed by atoms with Gasteiger partial charge in [-0.25, -0.2) is 0 Å². The van der Waals surface area contributed by atoms with Gasteiger partial charge in [0, 0.05) is 50.8 Å². The molecule has 1 saturated heterocycles. The van der Waals surface area contributed by atoms with E-state index in [9.17, 15) is 43.5 Å². The maximum absolute atomic E-state index is 13.2. The van der Waals surface area contributed by atoms with E-state index in [-0.39, 0.29) is 110 Å². The van der Waals surface area contributed by atoms with Gasteiger partial charge in [0.2, 0.25) is 11.8 Å². The number of phenolic OH excluding ortho intramolecular Hbond substituents is 1. The van der Waals surface area contributed by atoms with Crippen molar-refractivity contribution in [3.8, 4) is 22.8 Å². The number of piperidine rings is 1. The predicted octanol–water partition coefficient (Wildman–Crippen LogP) is 1.53. The second-order valence-corrected chi connectivity index (χ2v) is 15.2. The van der Waals surface area contributed by atoms with Gasteiger partial charge < -0.3 is 44.7 Å². The van der Waals surface area contributed by atoms with Crippen molar-refractivity contribution in [2.24, 2.45) is 0 Å². The van der Waals surface area contributed by atoms with E-state index in [0.29, 0.717) is 24.0 Å². The first-order chi connectivity index (χ1) is 30.8. The fraction of sp³-hybridized carbons (Fsp3) is 0.341. The third-order valence-corrected chi connectivity index (χ3v) is 10.7.